The molecule has 2 amide bonds. The second-order valence-corrected chi connectivity index (χ2v) is 3.94. The molecule has 0 aromatic heterocycles. The SMILES string of the molecule is NC(=O)CN(CC(=O)O)C(=O)/C=C/c1ccc(F)cc1. The van der Waals surface area contributed by atoms with Gasteiger partial charge in [0.25, 0.3) is 0 Å². The molecule has 0 saturated carbocycles. The predicted molar refractivity (Wildman–Crippen MR) is 68.8 cm³/mol. The van der Waals surface area contributed by atoms with Crippen LogP contribution in [0.1, 0.15) is 5.56 Å². The molecule has 20 heavy (non-hydrogen) atoms. The van der Waals surface area contributed by atoms with Crippen molar-refractivity contribution in [1.29, 1.82) is 0 Å². The van der Waals surface area contributed by atoms with Gasteiger partial charge < -0.3 is 15.7 Å². The fourth-order valence-electron chi connectivity index (χ4n) is 1.41. The minimum Gasteiger partial charge on any atom is -0.480 e. The van der Waals surface area contributed by atoms with Crippen LogP contribution in [0.25, 0.3) is 6.08 Å². The maximum atomic E-state index is 12.7. The highest BCUT2D eigenvalue weighted by Gasteiger charge is 2.16. The van der Waals surface area contributed by atoms with E-state index in [1.54, 1.807) is 0 Å². The summed E-state index contributed by atoms with van der Waals surface area (Å²) in [6, 6.07) is 5.36. The van der Waals surface area contributed by atoms with Gasteiger partial charge in [0.15, 0.2) is 0 Å². The summed E-state index contributed by atoms with van der Waals surface area (Å²) < 4.78 is 12.7. The lowest BCUT2D eigenvalue weighted by atomic mass is 10.2. The van der Waals surface area contributed by atoms with E-state index in [1.807, 2.05) is 0 Å². The topological polar surface area (TPSA) is 101 Å². The van der Waals surface area contributed by atoms with E-state index in [-0.39, 0.29) is 0 Å². The predicted octanol–water partition coefficient (Wildman–Crippen LogP) is 0.237. The fraction of sp³-hybridized carbons (Fsp3) is 0.154. The molecule has 0 bridgehead atoms. The maximum absolute atomic E-state index is 12.7. The third-order valence-corrected chi connectivity index (χ3v) is 2.27. The molecule has 0 radical (unpaired) electrons. The zero-order valence-corrected chi connectivity index (χ0v) is 10.5. The van der Waals surface area contributed by atoms with Crippen LogP contribution in [0.2, 0.25) is 0 Å². The van der Waals surface area contributed by atoms with Gasteiger partial charge in [-0.15, -0.1) is 0 Å². The van der Waals surface area contributed by atoms with Gasteiger partial charge in [-0.1, -0.05) is 12.1 Å². The van der Waals surface area contributed by atoms with Crippen molar-refractivity contribution in [3.63, 3.8) is 0 Å². The van der Waals surface area contributed by atoms with Crippen LogP contribution in [-0.2, 0) is 14.4 Å². The molecular formula is C13H13FN2O4. The summed E-state index contributed by atoms with van der Waals surface area (Å²) in [5.74, 6) is -3.14. The Morgan fingerprint density at radius 3 is 2.30 bits per heavy atom. The molecule has 6 nitrogen and oxygen atoms in total. The van der Waals surface area contributed by atoms with E-state index in [0.29, 0.717) is 5.56 Å². The lowest BCUT2D eigenvalue weighted by molar-refractivity contribution is -0.143. The Morgan fingerprint density at radius 1 is 1.20 bits per heavy atom. The second-order valence-electron chi connectivity index (χ2n) is 3.94. The highest BCUT2D eigenvalue weighted by molar-refractivity contribution is 5.95. The maximum Gasteiger partial charge on any atom is 0.323 e. The van der Waals surface area contributed by atoms with Gasteiger partial charge in [0, 0.05) is 6.08 Å². The first-order valence-corrected chi connectivity index (χ1v) is 5.61. The number of carbonyl (C=O) groups is 3. The van der Waals surface area contributed by atoms with Crippen LogP contribution in [0.15, 0.2) is 30.3 Å². The van der Waals surface area contributed by atoms with Gasteiger partial charge in [0.05, 0.1) is 0 Å². The Morgan fingerprint density at radius 2 is 1.80 bits per heavy atom. The number of carboxylic acids is 1. The van der Waals surface area contributed by atoms with Crippen molar-refractivity contribution >= 4 is 23.9 Å². The third-order valence-electron chi connectivity index (χ3n) is 2.27. The molecule has 1 rings (SSSR count). The molecule has 0 saturated heterocycles. The van der Waals surface area contributed by atoms with E-state index in [2.05, 4.69) is 0 Å². The number of halogens is 1. The van der Waals surface area contributed by atoms with Crippen LogP contribution < -0.4 is 5.73 Å². The molecule has 0 unspecified atom stereocenters. The Labute approximate surface area is 114 Å². The fourth-order valence-corrected chi connectivity index (χ4v) is 1.41. The van der Waals surface area contributed by atoms with Crippen LogP contribution in [0.4, 0.5) is 4.39 Å². The van der Waals surface area contributed by atoms with Crippen molar-refractivity contribution in [3.05, 3.63) is 41.7 Å². The summed E-state index contributed by atoms with van der Waals surface area (Å²) in [7, 11) is 0. The molecule has 7 heteroatoms. The van der Waals surface area contributed by atoms with Crippen molar-refractivity contribution < 1.29 is 23.9 Å². The van der Waals surface area contributed by atoms with Crippen LogP contribution in [0.3, 0.4) is 0 Å². The first-order chi connectivity index (χ1) is 9.38. The number of hydrogen-bond acceptors (Lipinski definition) is 3. The summed E-state index contributed by atoms with van der Waals surface area (Å²) >= 11 is 0. The molecule has 0 aliphatic heterocycles. The summed E-state index contributed by atoms with van der Waals surface area (Å²) in [6.45, 7) is -1.12. The average Bonchev–Trinajstić information content (AvgIpc) is 2.36. The van der Waals surface area contributed by atoms with Crippen molar-refractivity contribution in [2.45, 2.75) is 0 Å². The van der Waals surface area contributed by atoms with E-state index in [4.69, 9.17) is 10.8 Å². The monoisotopic (exact) mass is 280 g/mol. The van der Waals surface area contributed by atoms with E-state index in [1.165, 1.54) is 30.3 Å². The van der Waals surface area contributed by atoms with Crippen molar-refractivity contribution in [2.24, 2.45) is 5.73 Å². The Kier molecular flexibility index (Phi) is 5.40. The quantitative estimate of drug-likeness (QED) is 0.729. The van der Waals surface area contributed by atoms with E-state index < -0.39 is 36.7 Å². The molecule has 0 heterocycles. The summed E-state index contributed by atoms with van der Waals surface area (Å²) in [5.41, 5.74) is 5.50. The number of rotatable bonds is 6. The number of carbonyl (C=O) groups excluding carboxylic acids is 2. The molecule has 0 atom stereocenters. The van der Waals surface area contributed by atoms with Crippen molar-refractivity contribution in [3.8, 4) is 0 Å². The van der Waals surface area contributed by atoms with Gasteiger partial charge in [-0.2, -0.15) is 0 Å². The largest absolute Gasteiger partial charge is 0.480 e. The Hall–Kier alpha value is -2.70. The van der Waals surface area contributed by atoms with Gasteiger partial charge in [0.2, 0.25) is 11.8 Å². The minimum atomic E-state index is -1.25. The average molecular weight is 280 g/mol. The number of nitrogens with two attached hydrogens (primary N) is 1. The molecule has 0 fully saturated rings. The number of hydrogen-bond donors (Lipinski definition) is 2. The zero-order chi connectivity index (χ0) is 15.1. The number of nitrogens with zero attached hydrogens (tertiary/aromatic N) is 1. The van der Waals surface area contributed by atoms with E-state index >= 15 is 0 Å². The van der Waals surface area contributed by atoms with Gasteiger partial charge in [-0.3, -0.25) is 14.4 Å². The first-order valence-electron chi connectivity index (χ1n) is 5.61. The first kappa shape index (κ1) is 15.4. The number of primary amides is 1. The molecule has 1 aromatic carbocycles. The number of aliphatic carboxylic acids is 1. The summed E-state index contributed by atoms with van der Waals surface area (Å²) in [6.07, 6.45) is 2.48. The zero-order valence-electron chi connectivity index (χ0n) is 10.5. The minimum absolute atomic E-state index is 0.408. The highest BCUT2D eigenvalue weighted by atomic mass is 19.1. The molecule has 0 spiro atoms. The highest BCUT2D eigenvalue weighted by Crippen LogP contribution is 2.05. The number of carboxylic acid groups (broad SMARTS) is 1. The standard InChI is InChI=1S/C13H13FN2O4/c14-10-4-1-9(2-5-10)3-6-12(18)16(7-11(15)17)8-13(19)20/h1-6H,7-8H2,(H2,15,17)(H,19,20)/b6-3+. The second kappa shape index (κ2) is 7.03. The molecular weight excluding hydrogens is 267 g/mol. The molecule has 3 N–H and O–H groups in total. The number of amides is 2. The van der Waals surface area contributed by atoms with Crippen LogP contribution in [0.5, 0.6) is 0 Å². The van der Waals surface area contributed by atoms with E-state index in [9.17, 15) is 18.8 Å². The van der Waals surface area contributed by atoms with E-state index in [0.717, 1.165) is 11.0 Å². The lowest BCUT2D eigenvalue weighted by Gasteiger charge is -2.16. The van der Waals surface area contributed by atoms with Crippen LogP contribution >= 0.6 is 0 Å². The molecule has 0 aliphatic rings. The van der Waals surface area contributed by atoms with Crippen molar-refractivity contribution in [1.82, 2.24) is 4.90 Å². The van der Waals surface area contributed by atoms with Crippen LogP contribution in [-0.4, -0.2) is 40.9 Å². The smallest absolute Gasteiger partial charge is 0.323 e. The van der Waals surface area contributed by atoms with Gasteiger partial charge in [-0.05, 0) is 23.8 Å². The Balaban J connectivity index is 2.76. The molecule has 1 aromatic rings. The summed E-state index contributed by atoms with van der Waals surface area (Å²) in [5, 5.41) is 8.65. The lowest BCUT2D eigenvalue weighted by Crippen LogP contribution is -2.40. The molecule has 106 valence electrons. The third kappa shape index (κ3) is 5.30. The normalized spacial score (nSPS) is 10.4. The van der Waals surface area contributed by atoms with Gasteiger partial charge in [0.1, 0.15) is 18.9 Å². The van der Waals surface area contributed by atoms with Gasteiger partial charge in [-0.25, -0.2) is 4.39 Å². The van der Waals surface area contributed by atoms with Crippen molar-refractivity contribution in [2.75, 3.05) is 13.1 Å². The molecule has 0 aliphatic carbocycles. The van der Waals surface area contributed by atoms with Crippen LogP contribution in [0, 0.1) is 5.82 Å². The number of benzene rings is 1. The Bertz CT molecular complexity index is 524. The van der Waals surface area contributed by atoms with Gasteiger partial charge >= 0.3 is 5.97 Å². The summed E-state index contributed by atoms with van der Waals surface area (Å²) in [4.78, 5) is 33.9.